The van der Waals surface area contributed by atoms with Crippen LogP contribution in [-0.2, 0) is 0 Å². The van der Waals surface area contributed by atoms with Crippen LogP contribution >= 0.6 is 0 Å². The molecule has 1 unspecified atom stereocenters. The van der Waals surface area contributed by atoms with Gasteiger partial charge in [0.15, 0.2) is 5.69 Å². The largest absolute Gasteiger partial charge is 0.476 e. The van der Waals surface area contributed by atoms with Crippen LogP contribution in [0.2, 0.25) is 0 Å². The van der Waals surface area contributed by atoms with Crippen LogP contribution in [0.1, 0.15) is 50.5 Å². The lowest BCUT2D eigenvalue weighted by molar-refractivity contribution is 0.0690. The normalized spacial score (nSPS) is 12.2. The van der Waals surface area contributed by atoms with Gasteiger partial charge in [-0.2, -0.15) is 0 Å². The van der Waals surface area contributed by atoms with Gasteiger partial charge in [-0.1, -0.05) is 20.3 Å². The second-order valence-electron chi connectivity index (χ2n) is 4.37. The second kappa shape index (κ2) is 6.93. The highest BCUT2D eigenvalue weighted by Crippen LogP contribution is 2.15. The molecule has 0 saturated carbocycles. The summed E-state index contributed by atoms with van der Waals surface area (Å²) in [6, 6.07) is 0.376. The Morgan fingerprint density at radius 2 is 2.11 bits per heavy atom. The first-order valence-corrected chi connectivity index (χ1v) is 6.42. The van der Waals surface area contributed by atoms with Crippen LogP contribution < -0.4 is 4.90 Å². The number of unbranched alkanes of at least 4 members (excludes halogenated alkanes) is 1. The van der Waals surface area contributed by atoms with Crippen LogP contribution in [0.5, 0.6) is 0 Å². The van der Waals surface area contributed by atoms with Crippen molar-refractivity contribution >= 4 is 11.8 Å². The van der Waals surface area contributed by atoms with Gasteiger partial charge in [-0.3, -0.25) is 0 Å². The van der Waals surface area contributed by atoms with Gasteiger partial charge in [0.1, 0.15) is 5.82 Å². The van der Waals surface area contributed by atoms with Gasteiger partial charge in [0.25, 0.3) is 0 Å². The van der Waals surface area contributed by atoms with Gasteiger partial charge in [-0.15, -0.1) is 0 Å². The van der Waals surface area contributed by atoms with Crippen LogP contribution in [0.4, 0.5) is 5.82 Å². The van der Waals surface area contributed by atoms with Crippen LogP contribution in [-0.4, -0.2) is 33.6 Å². The minimum atomic E-state index is -1.04. The predicted octanol–water partition coefficient (Wildman–Crippen LogP) is 2.58. The van der Waals surface area contributed by atoms with E-state index in [2.05, 4.69) is 35.6 Å². The number of hydrogen-bond donors (Lipinski definition) is 1. The van der Waals surface area contributed by atoms with Gasteiger partial charge in [-0.25, -0.2) is 14.8 Å². The summed E-state index contributed by atoms with van der Waals surface area (Å²) in [5.74, 6) is -0.291. The van der Waals surface area contributed by atoms with Gasteiger partial charge in [0.2, 0.25) is 0 Å². The molecule has 0 aliphatic rings. The summed E-state index contributed by atoms with van der Waals surface area (Å²) >= 11 is 0. The Hall–Kier alpha value is -1.65. The third-order valence-corrected chi connectivity index (χ3v) is 3.03. The Kier molecular flexibility index (Phi) is 5.55. The summed E-state index contributed by atoms with van der Waals surface area (Å²) < 4.78 is 0. The fourth-order valence-electron chi connectivity index (χ4n) is 1.69. The van der Waals surface area contributed by atoms with Crippen LogP contribution in [0, 0.1) is 0 Å². The second-order valence-corrected chi connectivity index (χ2v) is 4.37. The van der Waals surface area contributed by atoms with Crippen molar-refractivity contribution in [3.05, 3.63) is 18.1 Å². The maximum Gasteiger partial charge on any atom is 0.356 e. The molecular weight excluding hydrogens is 230 g/mol. The minimum absolute atomic E-state index is 0.0154. The first-order valence-electron chi connectivity index (χ1n) is 6.42. The molecule has 0 saturated heterocycles. The van der Waals surface area contributed by atoms with Crippen LogP contribution in [0.3, 0.4) is 0 Å². The van der Waals surface area contributed by atoms with Crippen molar-refractivity contribution < 1.29 is 9.90 Å². The lowest BCUT2D eigenvalue weighted by Gasteiger charge is -2.29. The molecule has 1 aromatic rings. The van der Waals surface area contributed by atoms with Crippen molar-refractivity contribution in [1.29, 1.82) is 0 Å². The average Bonchev–Trinajstić information content (AvgIpc) is 2.39. The Labute approximate surface area is 108 Å². The third kappa shape index (κ3) is 3.68. The SMILES string of the molecule is CCCCN(c1cnc(C(=O)O)cn1)C(C)CC. The molecule has 0 aromatic carbocycles. The van der Waals surface area contributed by atoms with E-state index in [-0.39, 0.29) is 5.69 Å². The fraction of sp³-hybridized carbons (Fsp3) is 0.615. The lowest BCUT2D eigenvalue weighted by Crippen LogP contribution is -2.34. The molecule has 18 heavy (non-hydrogen) atoms. The molecular formula is C13H21N3O2. The molecule has 1 heterocycles. The van der Waals surface area contributed by atoms with Gasteiger partial charge >= 0.3 is 5.97 Å². The molecule has 100 valence electrons. The first-order chi connectivity index (χ1) is 8.60. The number of carboxylic acids is 1. The van der Waals surface area contributed by atoms with E-state index in [9.17, 15) is 4.79 Å². The highest BCUT2D eigenvalue weighted by Gasteiger charge is 2.15. The highest BCUT2D eigenvalue weighted by atomic mass is 16.4. The maximum absolute atomic E-state index is 10.7. The lowest BCUT2D eigenvalue weighted by atomic mass is 10.2. The van der Waals surface area contributed by atoms with E-state index in [1.807, 2.05) is 0 Å². The van der Waals surface area contributed by atoms with Crippen molar-refractivity contribution in [3.63, 3.8) is 0 Å². The summed E-state index contributed by atoms with van der Waals surface area (Å²) in [5.41, 5.74) is -0.0154. The summed E-state index contributed by atoms with van der Waals surface area (Å²) in [5, 5.41) is 8.79. The van der Waals surface area contributed by atoms with E-state index in [1.54, 1.807) is 6.20 Å². The quantitative estimate of drug-likeness (QED) is 0.806. The topological polar surface area (TPSA) is 66.3 Å². The van der Waals surface area contributed by atoms with E-state index in [0.29, 0.717) is 6.04 Å². The Bertz CT molecular complexity index is 378. The molecule has 0 amide bonds. The zero-order chi connectivity index (χ0) is 13.5. The van der Waals surface area contributed by atoms with E-state index in [0.717, 1.165) is 31.6 Å². The Balaban J connectivity index is 2.87. The number of nitrogens with zero attached hydrogens (tertiary/aromatic N) is 3. The van der Waals surface area contributed by atoms with Gasteiger partial charge in [-0.05, 0) is 19.8 Å². The number of hydrogen-bond acceptors (Lipinski definition) is 4. The van der Waals surface area contributed by atoms with Gasteiger partial charge in [0.05, 0.1) is 12.4 Å². The molecule has 1 rings (SSSR count). The molecule has 0 aliphatic carbocycles. The van der Waals surface area contributed by atoms with Crippen molar-refractivity contribution in [2.75, 3.05) is 11.4 Å². The number of carboxylic acid groups (broad SMARTS) is 1. The van der Waals surface area contributed by atoms with E-state index in [1.165, 1.54) is 6.20 Å². The summed E-state index contributed by atoms with van der Waals surface area (Å²) in [7, 11) is 0. The number of aromatic nitrogens is 2. The van der Waals surface area contributed by atoms with Crippen LogP contribution in [0.15, 0.2) is 12.4 Å². The number of carbonyl (C=O) groups is 1. The minimum Gasteiger partial charge on any atom is -0.476 e. The summed E-state index contributed by atoms with van der Waals surface area (Å²) in [6.07, 6.45) is 6.09. The zero-order valence-electron chi connectivity index (χ0n) is 11.3. The standard InChI is InChI=1S/C13H21N3O2/c1-4-6-7-16(10(3)5-2)12-9-14-11(8-15-12)13(17)18/h8-10H,4-7H2,1-3H3,(H,17,18). The smallest absolute Gasteiger partial charge is 0.356 e. The molecule has 5 heteroatoms. The monoisotopic (exact) mass is 251 g/mol. The Morgan fingerprint density at radius 3 is 2.56 bits per heavy atom. The molecule has 0 spiro atoms. The van der Waals surface area contributed by atoms with Crippen molar-refractivity contribution in [2.45, 2.75) is 46.1 Å². The van der Waals surface area contributed by atoms with Crippen molar-refractivity contribution in [1.82, 2.24) is 9.97 Å². The molecule has 1 aromatic heterocycles. The maximum atomic E-state index is 10.7. The average molecular weight is 251 g/mol. The van der Waals surface area contributed by atoms with E-state index in [4.69, 9.17) is 5.11 Å². The highest BCUT2D eigenvalue weighted by molar-refractivity contribution is 5.84. The molecule has 0 bridgehead atoms. The van der Waals surface area contributed by atoms with Gasteiger partial charge in [0, 0.05) is 12.6 Å². The summed E-state index contributed by atoms with van der Waals surface area (Å²) in [6.45, 7) is 7.34. The molecule has 1 atom stereocenters. The zero-order valence-corrected chi connectivity index (χ0v) is 11.3. The number of rotatable bonds is 7. The van der Waals surface area contributed by atoms with Gasteiger partial charge < -0.3 is 10.0 Å². The number of aromatic carboxylic acids is 1. The molecule has 1 N–H and O–H groups in total. The van der Waals surface area contributed by atoms with Crippen molar-refractivity contribution in [2.24, 2.45) is 0 Å². The molecule has 5 nitrogen and oxygen atoms in total. The third-order valence-electron chi connectivity index (χ3n) is 3.03. The van der Waals surface area contributed by atoms with E-state index >= 15 is 0 Å². The molecule has 0 radical (unpaired) electrons. The predicted molar refractivity (Wildman–Crippen MR) is 71.0 cm³/mol. The molecule has 0 aliphatic heterocycles. The van der Waals surface area contributed by atoms with Crippen molar-refractivity contribution in [3.8, 4) is 0 Å². The van der Waals surface area contributed by atoms with Crippen LogP contribution in [0.25, 0.3) is 0 Å². The fourth-order valence-corrected chi connectivity index (χ4v) is 1.69. The van der Waals surface area contributed by atoms with E-state index < -0.39 is 5.97 Å². The summed E-state index contributed by atoms with van der Waals surface area (Å²) in [4.78, 5) is 21.0. The first kappa shape index (κ1) is 14.4. The Morgan fingerprint density at radius 1 is 1.39 bits per heavy atom. The number of anilines is 1. The molecule has 0 fully saturated rings.